The van der Waals surface area contributed by atoms with E-state index in [1.165, 1.54) is 12.1 Å². The maximum atomic E-state index is 13.1. The zero-order valence-electron chi connectivity index (χ0n) is 23.0. The molecule has 42 heavy (non-hydrogen) atoms. The Morgan fingerprint density at radius 3 is 2.40 bits per heavy atom. The zero-order valence-corrected chi connectivity index (χ0v) is 24.6. The Labute approximate surface area is 253 Å². The minimum atomic E-state index is -1.00. The Balaban J connectivity index is 1.56. The first-order valence-electron chi connectivity index (χ1n) is 13.3. The lowest BCUT2D eigenvalue weighted by atomic mass is 9.99. The molecule has 2 atom stereocenters. The quantitative estimate of drug-likeness (QED) is 0.0993. The average Bonchev–Trinajstić information content (AvgIpc) is 2.98. The molecule has 0 aromatic heterocycles. The number of benzene rings is 4. The molecule has 0 spiro atoms. The maximum absolute atomic E-state index is 13.1. The first kappa shape index (κ1) is 30.2. The highest BCUT2D eigenvalue weighted by atomic mass is 79.9. The third-order valence-electron chi connectivity index (χ3n) is 6.30. The van der Waals surface area contributed by atoms with Crippen LogP contribution in [-0.2, 0) is 9.53 Å². The largest absolute Gasteiger partial charge is 0.508 e. The second-order valence-corrected chi connectivity index (χ2v) is 10.5. The average molecular weight is 631 g/mol. The molecular formula is C33H32BrN3O5. The van der Waals surface area contributed by atoms with Crippen LogP contribution < -0.4 is 21.1 Å². The SMILES string of the molecule is Cc1ccc(NC(=O)O[C@@H](c2cc(Br)ccc2O)[C@H](CC/C=C/C(=O)Nc2ccccc2N)Oc2ccccc2)cc1. The van der Waals surface area contributed by atoms with Gasteiger partial charge in [-0.2, -0.15) is 0 Å². The van der Waals surface area contributed by atoms with Gasteiger partial charge in [0.25, 0.3) is 0 Å². The standard InChI is InChI=1S/C33H32BrN3O5/c1-22-15-18-24(19-16-22)36-33(40)42-32(26-21-23(34)17-20-29(26)38)30(41-25-9-3-2-4-10-25)13-7-8-14-31(39)37-28-12-6-5-11-27(28)35/h2-6,8-12,14-21,30,32,38H,7,13,35H2,1H3,(H,36,40)(H,37,39)/b14-8+/t30-,32-/m0/s1. The number of phenolic OH excluding ortho intramolecular Hbond substituents is 1. The number of anilines is 3. The third kappa shape index (κ3) is 8.87. The fourth-order valence-corrected chi connectivity index (χ4v) is 4.55. The van der Waals surface area contributed by atoms with E-state index in [1.807, 2.05) is 37.3 Å². The van der Waals surface area contributed by atoms with E-state index in [9.17, 15) is 14.7 Å². The van der Waals surface area contributed by atoms with Crippen LogP contribution in [0.2, 0.25) is 0 Å². The van der Waals surface area contributed by atoms with Crippen molar-refractivity contribution in [2.24, 2.45) is 0 Å². The van der Waals surface area contributed by atoms with E-state index < -0.39 is 18.3 Å². The molecule has 0 fully saturated rings. The molecule has 4 aromatic carbocycles. The van der Waals surface area contributed by atoms with Crippen LogP contribution >= 0.6 is 15.9 Å². The number of aromatic hydroxyl groups is 1. The number of nitrogens with one attached hydrogen (secondary N) is 2. The number of nitrogens with two attached hydrogens (primary N) is 1. The number of ether oxygens (including phenoxy) is 2. The number of halogens is 1. The van der Waals surface area contributed by atoms with Gasteiger partial charge in [-0.1, -0.05) is 70.0 Å². The van der Waals surface area contributed by atoms with Crippen molar-refractivity contribution >= 4 is 45.0 Å². The Morgan fingerprint density at radius 2 is 1.67 bits per heavy atom. The van der Waals surface area contributed by atoms with Crippen LogP contribution in [0.25, 0.3) is 0 Å². The molecule has 2 amide bonds. The molecule has 4 aromatic rings. The number of carbonyl (C=O) groups excluding carboxylic acids is 2. The molecule has 216 valence electrons. The number of hydrogen-bond acceptors (Lipinski definition) is 6. The van der Waals surface area contributed by atoms with Gasteiger partial charge >= 0.3 is 6.09 Å². The molecule has 0 heterocycles. The van der Waals surface area contributed by atoms with Gasteiger partial charge < -0.3 is 25.6 Å². The van der Waals surface area contributed by atoms with E-state index in [-0.39, 0.29) is 11.7 Å². The van der Waals surface area contributed by atoms with Crippen molar-refractivity contribution in [3.05, 3.63) is 125 Å². The number of rotatable bonds is 11. The van der Waals surface area contributed by atoms with Crippen molar-refractivity contribution < 1.29 is 24.2 Å². The Bertz CT molecular complexity index is 1530. The van der Waals surface area contributed by atoms with E-state index >= 15 is 0 Å². The van der Waals surface area contributed by atoms with E-state index in [2.05, 4.69) is 26.6 Å². The number of para-hydroxylation sites is 3. The Hall–Kier alpha value is -4.76. The number of carbonyl (C=O) groups is 2. The minimum Gasteiger partial charge on any atom is -0.508 e. The molecule has 0 aliphatic carbocycles. The fraction of sp³-hybridized carbons (Fsp3) is 0.152. The van der Waals surface area contributed by atoms with Crippen molar-refractivity contribution in [3.8, 4) is 11.5 Å². The van der Waals surface area contributed by atoms with Crippen LogP contribution in [0, 0.1) is 6.92 Å². The van der Waals surface area contributed by atoms with E-state index in [0.717, 1.165) is 5.56 Å². The Kier molecular flexibility index (Phi) is 10.6. The molecule has 0 radical (unpaired) electrons. The van der Waals surface area contributed by atoms with Crippen LogP contribution in [0.5, 0.6) is 11.5 Å². The number of allylic oxidation sites excluding steroid dienone is 1. The van der Waals surface area contributed by atoms with Gasteiger partial charge in [-0.3, -0.25) is 10.1 Å². The molecule has 0 unspecified atom stereocenters. The normalized spacial score (nSPS) is 12.3. The van der Waals surface area contributed by atoms with Crippen molar-refractivity contribution in [2.75, 3.05) is 16.4 Å². The molecule has 0 saturated carbocycles. The van der Waals surface area contributed by atoms with E-state index in [4.69, 9.17) is 15.2 Å². The van der Waals surface area contributed by atoms with Gasteiger partial charge in [-0.25, -0.2) is 4.79 Å². The maximum Gasteiger partial charge on any atom is 0.412 e. The van der Waals surface area contributed by atoms with Crippen molar-refractivity contribution in [2.45, 2.75) is 32.0 Å². The lowest BCUT2D eigenvalue weighted by Gasteiger charge is -2.28. The summed E-state index contributed by atoms with van der Waals surface area (Å²) < 4.78 is 13.0. The van der Waals surface area contributed by atoms with Crippen molar-refractivity contribution in [1.29, 1.82) is 0 Å². The zero-order chi connectivity index (χ0) is 29.9. The fourth-order valence-electron chi connectivity index (χ4n) is 4.17. The summed E-state index contributed by atoms with van der Waals surface area (Å²) in [6.07, 6.45) is 1.45. The summed E-state index contributed by atoms with van der Waals surface area (Å²) in [4.78, 5) is 25.6. The molecule has 0 saturated heterocycles. The molecule has 8 nitrogen and oxygen atoms in total. The number of phenols is 1. The lowest BCUT2D eigenvalue weighted by Crippen LogP contribution is -2.31. The van der Waals surface area contributed by atoms with Crippen LogP contribution in [0.3, 0.4) is 0 Å². The predicted molar refractivity (Wildman–Crippen MR) is 169 cm³/mol. The summed E-state index contributed by atoms with van der Waals surface area (Å²) in [7, 11) is 0. The summed E-state index contributed by atoms with van der Waals surface area (Å²) in [5, 5.41) is 16.3. The molecule has 4 rings (SSSR count). The monoisotopic (exact) mass is 629 g/mol. The Morgan fingerprint density at radius 1 is 0.952 bits per heavy atom. The molecular weight excluding hydrogens is 598 g/mol. The lowest BCUT2D eigenvalue weighted by molar-refractivity contribution is -0.111. The van der Waals surface area contributed by atoms with Crippen LogP contribution in [0.1, 0.15) is 30.1 Å². The van der Waals surface area contributed by atoms with Crippen molar-refractivity contribution in [3.63, 3.8) is 0 Å². The minimum absolute atomic E-state index is 0.0524. The number of amides is 2. The topological polar surface area (TPSA) is 123 Å². The smallest absolute Gasteiger partial charge is 0.412 e. The van der Waals surface area contributed by atoms with E-state index in [0.29, 0.717) is 45.7 Å². The van der Waals surface area contributed by atoms with Gasteiger partial charge in [-0.05, 0) is 80.4 Å². The second kappa shape index (κ2) is 14.7. The van der Waals surface area contributed by atoms with Gasteiger partial charge in [0, 0.05) is 15.7 Å². The van der Waals surface area contributed by atoms with E-state index in [1.54, 1.807) is 66.7 Å². The summed E-state index contributed by atoms with van der Waals surface area (Å²) in [5.41, 5.74) is 8.89. The van der Waals surface area contributed by atoms with Gasteiger partial charge in [0.1, 0.15) is 17.6 Å². The summed E-state index contributed by atoms with van der Waals surface area (Å²) in [6.45, 7) is 1.95. The van der Waals surface area contributed by atoms with Gasteiger partial charge in [0.2, 0.25) is 5.91 Å². The highest BCUT2D eigenvalue weighted by Gasteiger charge is 2.31. The number of hydrogen-bond donors (Lipinski definition) is 4. The number of nitrogen functional groups attached to an aromatic ring is 1. The highest BCUT2D eigenvalue weighted by molar-refractivity contribution is 9.10. The van der Waals surface area contributed by atoms with Gasteiger partial charge in [-0.15, -0.1) is 0 Å². The molecule has 0 aliphatic heterocycles. The van der Waals surface area contributed by atoms with Crippen molar-refractivity contribution in [1.82, 2.24) is 0 Å². The van der Waals surface area contributed by atoms with Crippen LogP contribution in [0.15, 0.2) is 114 Å². The predicted octanol–water partition coefficient (Wildman–Crippen LogP) is 7.76. The molecule has 5 N–H and O–H groups in total. The summed E-state index contributed by atoms with van der Waals surface area (Å²) in [6, 6.07) is 28.3. The molecule has 9 heteroatoms. The molecule has 0 bridgehead atoms. The van der Waals surface area contributed by atoms with Gasteiger partial charge in [0.15, 0.2) is 6.10 Å². The number of aryl methyl sites for hydroxylation is 1. The third-order valence-corrected chi connectivity index (χ3v) is 6.80. The van der Waals surface area contributed by atoms with Crippen LogP contribution in [-0.4, -0.2) is 23.2 Å². The first-order chi connectivity index (χ1) is 20.3. The highest BCUT2D eigenvalue weighted by Crippen LogP contribution is 2.36. The first-order valence-corrected chi connectivity index (χ1v) is 14.1. The van der Waals surface area contributed by atoms with Crippen LogP contribution in [0.4, 0.5) is 21.9 Å². The van der Waals surface area contributed by atoms with Gasteiger partial charge in [0.05, 0.1) is 11.4 Å². The summed E-state index contributed by atoms with van der Waals surface area (Å²) in [5.74, 6) is 0.178. The summed E-state index contributed by atoms with van der Waals surface area (Å²) >= 11 is 3.45. The molecule has 0 aliphatic rings. The second-order valence-electron chi connectivity index (χ2n) is 9.55.